The Kier molecular flexibility index (Phi) is 7.53. The van der Waals surface area contributed by atoms with Crippen molar-refractivity contribution in [2.45, 2.75) is 0 Å². The zero-order chi connectivity index (χ0) is 37.0. The predicted octanol–water partition coefficient (Wildman–Crippen LogP) is 15.5. The molecule has 0 spiro atoms. The molecule has 2 heteroatoms. The molecule has 1 aromatic heterocycles. The van der Waals surface area contributed by atoms with Crippen LogP contribution in [0.4, 0.5) is 17.1 Å². The minimum Gasteiger partial charge on any atom is -0.455 e. The van der Waals surface area contributed by atoms with Crippen molar-refractivity contribution >= 4 is 71.3 Å². The van der Waals surface area contributed by atoms with Crippen LogP contribution in [0.1, 0.15) is 0 Å². The number of hydrogen-bond donors (Lipinski definition) is 0. The number of hydrogen-bond acceptors (Lipinski definition) is 2. The standard InChI is InChI=1S/C54H35NO/c1-2-13-36(14-3-1)37-25-28-41(29-26-37)55(43-30-32-50-51-31-27-38-15-4-7-21-46(38)54(51)56-53(50)35-43)42-18-12-17-39(33-42)44-20-8-9-23-48(44)52-34-40-16-5-6-19-45(40)47-22-10-11-24-49(47)52/h1-35H. The second-order valence-corrected chi connectivity index (χ2v) is 14.5. The molecule has 0 unspecified atom stereocenters. The van der Waals surface area contributed by atoms with Crippen LogP contribution in [-0.2, 0) is 0 Å². The smallest absolute Gasteiger partial charge is 0.143 e. The highest BCUT2D eigenvalue weighted by Crippen LogP contribution is 2.44. The maximum absolute atomic E-state index is 6.70. The average molecular weight is 714 g/mol. The van der Waals surface area contributed by atoms with Crippen LogP contribution in [0.15, 0.2) is 217 Å². The molecular weight excluding hydrogens is 679 g/mol. The van der Waals surface area contributed by atoms with Crippen LogP contribution in [0.2, 0.25) is 0 Å². The number of fused-ring (bicyclic) bond motifs is 8. The first-order chi connectivity index (χ1) is 27.8. The van der Waals surface area contributed by atoms with Crippen molar-refractivity contribution in [2.75, 3.05) is 4.90 Å². The largest absolute Gasteiger partial charge is 0.455 e. The Morgan fingerprint density at radius 2 is 0.893 bits per heavy atom. The molecule has 0 aliphatic heterocycles. The molecule has 2 nitrogen and oxygen atoms in total. The summed E-state index contributed by atoms with van der Waals surface area (Å²) in [6, 6.07) is 76.4. The molecule has 0 saturated heterocycles. The number of benzene rings is 10. The Morgan fingerprint density at radius 3 is 1.73 bits per heavy atom. The molecule has 11 aromatic rings. The van der Waals surface area contributed by atoms with Crippen LogP contribution in [0.5, 0.6) is 0 Å². The number of furan rings is 1. The molecule has 0 N–H and O–H groups in total. The van der Waals surface area contributed by atoms with E-state index < -0.39 is 0 Å². The molecule has 0 atom stereocenters. The second-order valence-electron chi connectivity index (χ2n) is 14.5. The van der Waals surface area contributed by atoms with E-state index in [-0.39, 0.29) is 0 Å². The summed E-state index contributed by atoms with van der Waals surface area (Å²) in [4.78, 5) is 2.34. The third-order valence-corrected chi connectivity index (χ3v) is 11.2. The summed E-state index contributed by atoms with van der Waals surface area (Å²) in [6.07, 6.45) is 0. The van der Waals surface area contributed by atoms with E-state index in [9.17, 15) is 0 Å². The lowest BCUT2D eigenvalue weighted by Crippen LogP contribution is -2.10. The summed E-state index contributed by atoms with van der Waals surface area (Å²) < 4.78 is 6.70. The summed E-state index contributed by atoms with van der Waals surface area (Å²) in [5.41, 5.74) is 12.1. The summed E-state index contributed by atoms with van der Waals surface area (Å²) in [5, 5.41) is 9.57. The van der Waals surface area contributed by atoms with Gasteiger partial charge in [-0.15, -0.1) is 0 Å². The van der Waals surface area contributed by atoms with Gasteiger partial charge < -0.3 is 9.32 Å². The van der Waals surface area contributed by atoms with Crippen molar-refractivity contribution in [3.63, 3.8) is 0 Å². The van der Waals surface area contributed by atoms with Gasteiger partial charge in [-0.3, -0.25) is 0 Å². The molecule has 0 bridgehead atoms. The molecule has 10 aromatic carbocycles. The third-order valence-electron chi connectivity index (χ3n) is 11.2. The van der Waals surface area contributed by atoms with Crippen LogP contribution >= 0.6 is 0 Å². The maximum Gasteiger partial charge on any atom is 0.143 e. The van der Waals surface area contributed by atoms with Crippen LogP contribution in [-0.4, -0.2) is 0 Å². The predicted molar refractivity (Wildman–Crippen MR) is 237 cm³/mol. The van der Waals surface area contributed by atoms with Crippen LogP contribution in [0, 0.1) is 0 Å². The molecule has 0 saturated carbocycles. The van der Waals surface area contributed by atoms with Crippen molar-refractivity contribution in [1.82, 2.24) is 0 Å². The number of anilines is 3. The fourth-order valence-corrected chi connectivity index (χ4v) is 8.57. The van der Waals surface area contributed by atoms with Crippen LogP contribution in [0.25, 0.3) is 87.6 Å². The summed E-state index contributed by atoms with van der Waals surface area (Å²) >= 11 is 0. The highest BCUT2D eigenvalue weighted by Gasteiger charge is 2.19. The summed E-state index contributed by atoms with van der Waals surface area (Å²) in [5.74, 6) is 0. The third kappa shape index (κ3) is 5.34. The topological polar surface area (TPSA) is 16.4 Å². The van der Waals surface area contributed by atoms with Crippen molar-refractivity contribution in [2.24, 2.45) is 0 Å². The molecule has 262 valence electrons. The van der Waals surface area contributed by atoms with Gasteiger partial charge in [-0.2, -0.15) is 0 Å². The van der Waals surface area contributed by atoms with E-state index in [1.165, 1.54) is 54.7 Å². The molecule has 11 rings (SSSR count). The van der Waals surface area contributed by atoms with Gasteiger partial charge in [0.05, 0.1) is 0 Å². The van der Waals surface area contributed by atoms with Gasteiger partial charge in [0.1, 0.15) is 11.2 Å². The van der Waals surface area contributed by atoms with E-state index >= 15 is 0 Å². The minimum absolute atomic E-state index is 0.865. The Bertz CT molecular complexity index is 3250. The molecule has 0 aliphatic rings. The van der Waals surface area contributed by atoms with Gasteiger partial charge in [0.15, 0.2) is 0 Å². The van der Waals surface area contributed by atoms with Gasteiger partial charge in [0.25, 0.3) is 0 Å². The fraction of sp³-hybridized carbons (Fsp3) is 0. The molecule has 0 radical (unpaired) electrons. The van der Waals surface area contributed by atoms with E-state index in [0.717, 1.165) is 50.0 Å². The van der Waals surface area contributed by atoms with Crippen molar-refractivity contribution in [1.29, 1.82) is 0 Å². The lowest BCUT2D eigenvalue weighted by molar-refractivity contribution is 0.672. The van der Waals surface area contributed by atoms with Gasteiger partial charge in [-0.1, -0.05) is 158 Å². The van der Waals surface area contributed by atoms with E-state index in [1.54, 1.807) is 0 Å². The van der Waals surface area contributed by atoms with Gasteiger partial charge in [-0.05, 0) is 109 Å². The number of nitrogens with zero attached hydrogens (tertiary/aromatic N) is 1. The van der Waals surface area contributed by atoms with Gasteiger partial charge in [0.2, 0.25) is 0 Å². The molecule has 1 heterocycles. The highest BCUT2D eigenvalue weighted by molar-refractivity contribution is 6.16. The average Bonchev–Trinajstić information content (AvgIpc) is 3.65. The van der Waals surface area contributed by atoms with Crippen molar-refractivity contribution < 1.29 is 4.42 Å². The monoisotopic (exact) mass is 713 g/mol. The SMILES string of the molecule is c1ccc(-c2ccc(N(c3cccc(-c4ccccc4-c4cc5ccccc5c5ccccc45)c3)c3ccc4c(c3)oc3c5ccccc5ccc43)cc2)cc1. The van der Waals surface area contributed by atoms with Crippen molar-refractivity contribution in [3.05, 3.63) is 212 Å². The van der Waals surface area contributed by atoms with Crippen molar-refractivity contribution in [3.8, 4) is 33.4 Å². The molecule has 56 heavy (non-hydrogen) atoms. The zero-order valence-electron chi connectivity index (χ0n) is 30.6. The first kappa shape index (κ1) is 32.0. The Morgan fingerprint density at radius 1 is 0.286 bits per heavy atom. The molecule has 0 fully saturated rings. The molecular formula is C54H35NO. The summed E-state index contributed by atoms with van der Waals surface area (Å²) in [7, 11) is 0. The Labute approximate surface area is 325 Å². The van der Waals surface area contributed by atoms with Gasteiger partial charge in [-0.25, -0.2) is 0 Å². The lowest BCUT2D eigenvalue weighted by atomic mass is 9.89. The quantitative estimate of drug-likeness (QED) is 0.160. The highest BCUT2D eigenvalue weighted by atomic mass is 16.3. The van der Waals surface area contributed by atoms with E-state index in [2.05, 4.69) is 217 Å². The van der Waals surface area contributed by atoms with E-state index in [1.807, 2.05) is 0 Å². The van der Waals surface area contributed by atoms with E-state index in [0.29, 0.717) is 0 Å². The van der Waals surface area contributed by atoms with Crippen LogP contribution < -0.4 is 4.90 Å². The molecule has 0 amide bonds. The zero-order valence-corrected chi connectivity index (χ0v) is 30.6. The molecule has 0 aliphatic carbocycles. The fourth-order valence-electron chi connectivity index (χ4n) is 8.57. The van der Waals surface area contributed by atoms with Gasteiger partial charge >= 0.3 is 0 Å². The van der Waals surface area contributed by atoms with E-state index in [4.69, 9.17) is 4.42 Å². The number of rotatable bonds is 6. The second kappa shape index (κ2) is 13.2. The minimum atomic E-state index is 0.865. The lowest BCUT2D eigenvalue weighted by Gasteiger charge is -2.26. The first-order valence-corrected chi connectivity index (χ1v) is 19.2. The Hall–Kier alpha value is -7.42. The van der Waals surface area contributed by atoms with Crippen LogP contribution in [0.3, 0.4) is 0 Å². The maximum atomic E-state index is 6.70. The van der Waals surface area contributed by atoms with Gasteiger partial charge in [0, 0.05) is 39.3 Å². The summed E-state index contributed by atoms with van der Waals surface area (Å²) in [6.45, 7) is 0. The Balaban J connectivity index is 1.08. The normalized spacial score (nSPS) is 11.6. The first-order valence-electron chi connectivity index (χ1n) is 19.2.